The number of amides is 3. The van der Waals surface area contributed by atoms with Crippen molar-refractivity contribution in [3.05, 3.63) is 29.6 Å². The summed E-state index contributed by atoms with van der Waals surface area (Å²) in [6, 6.07) is 4.75. The van der Waals surface area contributed by atoms with Gasteiger partial charge in [0.1, 0.15) is 23.8 Å². The van der Waals surface area contributed by atoms with Gasteiger partial charge in [0.05, 0.1) is 5.56 Å². The molecule has 1 aromatic rings. The van der Waals surface area contributed by atoms with E-state index in [2.05, 4.69) is 10.3 Å². The van der Waals surface area contributed by atoms with Crippen LogP contribution in [-0.4, -0.2) is 39.7 Å². The molecule has 2 rings (SSSR count). The van der Waals surface area contributed by atoms with E-state index in [1.807, 2.05) is 6.07 Å². The highest BCUT2D eigenvalue weighted by molar-refractivity contribution is 6.08. The summed E-state index contributed by atoms with van der Waals surface area (Å²) < 4.78 is 0. The van der Waals surface area contributed by atoms with Gasteiger partial charge in [0.2, 0.25) is 5.91 Å². The van der Waals surface area contributed by atoms with Crippen LogP contribution in [0.1, 0.15) is 29.9 Å². The van der Waals surface area contributed by atoms with Crippen molar-refractivity contribution < 1.29 is 14.4 Å². The minimum Gasteiger partial charge on any atom is -0.314 e. The molecule has 0 saturated carbocycles. The SMILES string of the molecule is CC1(C)C(=O)NC(=O)CN1C(=O)c1ccc(C#N)cn1. The molecular formula is C13H12N4O3. The maximum absolute atomic E-state index is 12.4. The van der Waals surface area contributed by atoms with Crippen molar-refractivity contribution in [2.24, 2.45) is 0 Å². The first-order valence-corrected chi connectivity index (χ1v) is 5.88. The lowest BCUT2D eigenvalue weighted by Gasteiger charge is -2.39. The van der Waals surface area contributed by atoms with Gasteiger partial charge in [-0.05, 0) is 26.0 Å². The fraction of sp³-hybridized carbons (Fsp3) is 0.308. The van der Waals surface area contributed by atoms with Gasteiger partial charge < -0.3 is 4.90 Å². The van der Waals surface area contributed by atoms with Gasteiger partial charge in [-0.15, -0.1) is 0 Å². The van der Waals surface area contributed by atoms with Crippen LogP contribution in [0, 0.1) is 11.3 Å². The first-order valence-electron chi connectivity index (χ1n) is 5.88. The van der Waals surface area contributed by atoms with Crippen LogP contribution in [0.4, 0.5) is 0 Å². The summed E-state index contributed by atoms with van der Waals surface area (Å²) in [7, 11) is 0. The Hall–Kier alpha value is -2.75. The molecule has 1 aromatic heterocycles. The highest BCUT2D eigenvalue weighted by Gasteiger charge is 2.44. The number of hydrogen-bond donors (Lipinski definition) is 1. The molecule has 0 aliphatic carbocycles. The predicted molar refractivity (Wildman–Crippen MR) is 67.2 cm³/mol. The van der Waals surface area contributed by atoms with E-state index in [0.29, 0.717) is 5.56 Å². The van der Waals surface area contributed by atoms with Crippen molar-refractivity contribution in [1.29, 1.82) is 5.26 Å². The molecule has 0 aromatic carbocycles. The molecule has 1 fully saturated rings. The van der Waals surface area contributed by atoms with E-state index in [4.69, 9.17) is 5.26 Å². The normalized spacial score (nSPS) is 17.4. The van der Waals surface area contributed by atoms with E-state index in [9.17, 15) is 14.4 Å². The summed E-state index contributed by atoms with van der Waals surface area (Å²) in [4.78, 5) is 40.6. The zero-order valence-corrected chi connectivity index (χ0v) is 11.0. The second-order valence-corrected chi connectivity index (χ2v) is 4.87. The monoisotopic (exact) mass is 272 g/mol. The molecule has 102 valence electrons. The Morgan fingerprint density at radius 2 is 2.15 bits per heavy atom. The van der Waals surface area contributed by atoms with Crippen molar-refractivity contribution >= 4 is 17.7 Å². The number of hydrogen-bond acceptors (Lipinski definition) is 5. The molecule has 0 unspecified atom stereocenters. The van der Waals surface area contributed by atoms with Gasteiger partial charge in [-0.2, -0.15) is 5.26 Å². The number of nitrogens with one attached hydrogen (secondary N) is 1. The predicted octanol–water partition coefficient (Wildman–Crippen LogP) is -0.170. The van der Waals surface area contributed by atoms with Gasteiger partial charge in [-0.3, -0.25) is 19.7 Å². The minimum absolute atomic E-state index is 0.0829. The Kier molecular flexibility index (Phi) is 3.24. The molecule has 1 aliphatic heterocycles. The van der Waals surface area contributed by atoms with Crippen LogP contribution < -0.4 is 5.32 Å². The molecule has 0 atom stereocenters. The van der Waals surface area contributed by atoms with Gasteiger partial charge >= 0.3 is 0 Å². The molecule has 0 bridgehead atoms. The van der Waals surface area contributed by atoms with Crippen molar-refractivity contribution in [1.82, 2.24) is 15.2 Å². The van der Waals surface area contributed by atoms with Gasteiger partial charge in [-0.1, -0.05) is 0 Å². The lowest BCUT2D eigenvalue weighted by Crippen LogP contribution is -2.65. The molecule has 0 spiro atoms. The summed E-state index contributed by atoms with van der Waals surface area (Å²) in [6.07, 6.45) is 1.27. The highest BCUT2D eigenvalue weighted by atomic mass is 16.2. The lowest BCUT2D eigenvalue weighted by atomic mass is 9.98. The van der Waals surface area contributed by atoms with E-state index in [-0.39, 0.29) is 12.2 Å². The molecule has 2 heterocycles. The van der Waals surface area contributed by atoms with Crippen LogP contribution in [0.5, 0.6) is 0 Å². The lowest BCUT2D eigenvalue weighted by molar-refractivity contribution is -0.143. The fourth-order valence-corrected chi connectivity index (χ4v) is 1.83. The third-order valence-electron chi connectivity index (χ3n) is 3.14. The highest BCUT2D eigenvalue weighted by Crippen LogP contribution is 2.20. The molecule has 3 amide bonds. The molecule has 1 saturated heterocycles. The van der Waals surface area contributed by atoms with Gasteiger partial charge in [0.15, 0.2) is 0 Å². The van der Waals surface area contributed by atoms with Crippen LogP contribution >= 0.6 is 0 Å². The molecule has 7 heteroatoms. The van der Waals surface area contributed by atoms with E-state index in [0.717, 1.165) is 0 Å². The zero-order valence-electron chi connectivity index (χ0n) is 11.0. The first kappa shape index (κ1) is 13.7. The Morgan fingerprint density at radius 3 is 2.70 bits per heavy atom. The van der Waals surface area contributed by atoms with Gasteiger partial charge in [0.25, 0.3) is 11.8 Å². The first-order chi connectivity index (χ1) is 9.36. The Bertz CT molecular complexity index is 628. The second kappa shape index (κ2) is 4.74. The third kappa shape index (κ3) is 2.23. The molecule has 1 aliphatic rings. The Labute approximate surface area is 115 Å². The van der Waals surface area contributed by atoms with Crippen molar-refractivity contribution in [3.8, 4) is 6.07 Å². The number of rotatable bonds is 1. The maximum Gasteiger partial charge on any atom is 0.273 e. The van der Waals surface area contributed by atoms with Crippen molar-refractivity contribution in [3.63, 3.8) is 0 Å². The van der Waals surface area contributed by atoms with Crippen molar-refractivity contribution in [2.45, 2.75) is 19.4 Å². The number of nitriles is 1. The van der Waals surface area contributed by atoms with Crippen LogP contribution in [0.2, 0.25) is 0 Å². The van der Waals surface area contributed by atoms with Crippen molar-refractivity contribution in [2.75, 3.05) is 6.54 Å². The van der Waals surface area contributed by atoms with Crippen LogP contribution in [-0.2, 0) is 9.59 Å². The number of pyridine rings is 1. The summed E-state index contributed by atoms with van der Waals surface area (Å²) >= 11 is 0. The quantitative estimate of drug-likeness (QED) is 0.715. The van der Waals surface area contributed by atoms with E-state index >= 15 is 0 Å². The number of imide groups is 1. The number of carbonyl (C=O) groups is 3. The molecule has 7 nitrogen and oxygen atoms in total. The van der Waals surface area contributed by atoms with Gasteiger partial charge in [-0.25, -0.2) is 4.98 Å². The number of piperazine rings is 1. The number of carbonyl (C=O) groups excluding carboxylic acids is 3. The van der Waals surface area contributed by atoms with Crippen LogP contribution in [0.3, 0.4) is 0 Å². The Balaban J connectivity index is 2.33. The summed E-state index contributed by atoms with van der Waals surface area (Å²) in [5.74, 6) is -1.59. The topological polar surface area (TPSA) is 103 Å². The second-order valence-electron chi connectivity index (χ2n) is 4.87. The van der Waals surface area contributed by atoms with E-state index in [1.54, 1.807) is 13.8 Å². The van der Waals surface area contributed by atoms with E-state index in [1.165, 1.54) is 23.2 Å². The summed E-state index contributed by atoms with van der Waals surface area (Å²) in [6.45, 7) is 2.89. The minimum atomic E-state index is -1.14. The number of aromatic nitrogens is 1. The summed E-state index contributed by atoms with van der Waals surface area (Å²) in [5, 5.41) is 10.9. The Morgan fingerprint density at radius 1 is 1.45 bits per heavy atom. The van der Waals surface area contributed by atoms with Crippen LogP contribution in [0.15, 0.2) is 18.3 Å². The molecule has 0 radical (unpaired) electrons. The van der Waals surface area contributed by atoms with E-state index < -0.39 is 23.3 Å². The van der Waals surface area contributed by atoms with Gasteiger partial charge in [0, 0.05) is 6.20 Å². The number of nitrogens with zero attached hydrogens (tertiary/aromatic N) is 3. The molecule has 20 heavy (non-hydrogen) atoms. The molecule has 1 N–H and O–H groups in total. The summed E-state index contributed by atoms with van der Waals surface area (Å²) in [5.41, 5.74) is -0.728. The largest absolute Gasteiger partial charge is 0.314 e. The third-order valence-corrected chi connectivity index (χ3v) is 3.14. The average molecular weight is 272 g/mol. The fourth-order valence-electron chi connectivity index (χ4n) is 1.83. The smallest absolute Gasteiger partial charge is 0.273 e. The standard InChI is InChI=1S/C13H12N4O3/c1-13(2)12(20)16-10(18)7-17(13)11(19)9-4-3-8(5-14)6-15-9/h3-4,6H,7H2,1-2H3,(H,16,18,20). The molecular weight excluding hydrogens is 260 g/mol. The zero-order chi connectivity index (χ0) is 14.9. The average Bonchev–Trinajstić information content (AvgIpc) is 2.42. The maximum atomic E-state index is 12.4. The van der Waals surface area contributed by atoms with Crippen LogP contribution in [0.25, 0.3) is 0 Å².